The number of nitrogens with one attached hydrogen (secondary N) is 1. The third-order valence-electron chi connectivity index (χ3n) is 6.76. The van der Waals surface area contributed by atoms with Crippen LogP contribution in [0, 0.1) is 0 Å². The molecule has 1 N–H and O–H groups in total. The quantitative estimate of drug-likeness (QED) is 0.421. The average molecular weight is 466 g/mol. The molecule has 0 saturated carbocycles. The molecule has 5 nitrogen and oxygen atoms in total. The molecule has 35 heavy (non-hydrogen) atoms. The first-order valence-corrected chi connectivity index (χ1v) is 12.1. The fourth-order valence-electron chi connectivity index (χ4n) is 5.28. The third-order valence-corrected chi connectivity index (χ3v) is 6.76. The lowest BCUT2D eigenvalue weighted by molar-refractivity contribution is -0.126. The Hall–Kier alpha value is -3.86. The Morgan fingerprint density at radius 2 is 1.54 bits per heavy atom. The first-order valence-electron chi connectivity index (χ1n) is 12.1. The number of nitrogens with zero attached hydrogens (tertiary/aromatic N) is 2. The summed E-state index contributed by atoms with van der Waals surface area (Å²) in [6.07, 6.45) is 0. The Bertz CT molecular complexity index is 1430. The van der Waals surface area contributed by atoms with Crippen molar-refractivity contribution in [2.24, 2.45) is 7.05 Å². The minimum Gasteiger partial charge on any atom is -0.350 e. The lowest BCUT2D eigenvalue weighted by Gasteiger charge is -2.33. The van der Waals surface area contributed by atoms with Crippen molar-refractivity contribution in [2.45, 2.75) is 45.3 Å². The number of rotatable bonds is 4. The zero-order valence-corrected chi connectivity index (χ0v) is 20.9. The van der Waals surface area contributed by atoms with E-state index >= 15 is 0 Å². The maximum Gasteiger partial charge on any atom is 0.255 e. The van der Waals surface area contributed by atoms with Crippen LogP contribution in [0.1, 0.15) is 55.2 Å². The molecule has 2 unspecified atom stereocenters. The summed E-state index contributed by atoms with van der Waals surface area (Å²) in [5.74, 6) is -0.278. The summed E-state index contributed by atoms with van der Waals surface area (Å²) in [4.78, 5) is 28.9. The van der Waals surface area contributed by atoms with Gasteiger partial charge in [0.25, 0.3) is 5.91 Å². The molecule has 1 aromatic heterocycles. The van der Waals surface area contributed by atoms with Crippen molar-refractivity contribution in [2.75, 3.05) is 0 Å². The highest BCUT2D eigenvalue weighted by Gasteiger charge is 2.44. The highest BCUT2D eigenvalue weighted by atomic mass is 16.2. The van der Waals surface area contributed by atoms with Crippen LogP contribution < -0.4 is 5.32 Å². The number of benzene rings is 3. The van der Waals surface area contributed by atoms with Gasteiger partial charge in [-0.25, -0.2) is 0 Å². The SMILES string of the molecule is CC(C(=O)NC(C)(C)C)N1C(=O)c2ccccc2C1c1c(-c2ccccc2)n(C)c2ccccc12. The number of amides is 2. The van der Waals surface area contributed by atoms with E-state index < -0.39 is 11.6 Å². The minimum absolute atomic E-state index is 0.117. The van der Waals surface area contributed by atoms with Gasteiger partial charge in [-0.05, 0) is 51.0 Å². The Balaban J connectivity index is 1.78. The summed E-state index contributed by atoms with van der Waals surface area (Å²) < 4.78 is 2.20. The highest BCUT2D eigenvalue weighted by molar-refractivity contribution is 6.04. The molecule has 5 rings (SSSR count). The molecular formula is C30H31N3O2. The van der Waals surface area contributed by atoms with E-state index in [9.17, 15) is 9.59 Å². The van der Waals surface area contributed by atoms with Crippen molar-refractivity contribution >= 4 is 22.7 Å². The van der Waals surface area contributed by atoms with E-state index in [1.54, 1.807) is 4.90 Å². The molecule has 2 heterocycles. The van der Waals surface area contributed by atoms with Crippen molar-refractivity contribution in [1.29, 1.82) is 0 Å². The van der Waals surface area contributed by atoms with Crippen LogP contribution in [-0.2, 0) is 11.8 Å². The molecule has 0 bridgehead atoms. The lowest BCUT2D eigenvalue weighted by Crippen LogP contribution is -2.52. The molecule has 2 amide bonds. The second-order valence-corrected chi connectivity index (χ2v) is 10.3. The Morgan fingerprint density at radius 3 is 2.26 bits per heavy atom. The van der Waals surface area contributed by atoms with Crippen molar-refractivity contribution < 1.29 is 9.59 Å². The van der Waals surface area contributed by atoms with Crippen LogP contribution in [0.15, 0.2) is 78.9 Å². The summed E-state index contributed by atoms with van der Waals surface area (Å²) in [7, 11) is 2.07. The normalized spacial score (nSPS) is 16.4. The number of aromatic nitrogens is 1. The van der Waals surface area contributed by atoms with Gasteiger partial charge in [0.2, 0.25) is 5.91 Å². The first kappa shape index (κ1) is 22.9. The highest BCUT2D eigenvalue weighted by Crippen LogP contribution is 2.47. The zero-order valence-electron chi connectivity index (χ0n) is 20.9. The van der Waals surface area contributed by atoms with Crippen molar-refractivity contribution in [3.05, 3.63) is 95.6 Å². The van der Waals surface area contributed by atoms with E-state index in [1.807, 2.05) is 82.3 Å². The molecule has 2 atom stereocenters. The van der Waals surface area contributed by atoms with Gasteiger partial charge in [-0.15, -0.1) is 0 Å². The van der Waals surface area contributed by atoms with Crippen LogP contribution in [0.4, 0.5) is 0 Å². The minimum atomic E-state index is -0.651. The number of fused-ring (bicyclic) bond motifs is 2. The van der Waals surface area contributed by atoms with E-state index in [-0.39, 0.29) is 17.9 Å². The van der Waals surface area contributed by atoms with Gasteiger partial charge in [-0.3, -0.25) is 9.59 Å². The van der Waals surface area contributed by atoms with Crippen LogP contribution >= 0.6 is 0 Å². The topological polar surface area (TPSA) is 54.3 Å². The molecule has 1 aliphatic heterocycles. The van der Waals surface area contributed by atoms with Crippen LogP contribution in [-0.4, -0.2) is 32.9 Å². The van der Waals surface area contributed by atoms with Gasteiger partial charge in [0.1, 0.15) is 6.04 Å². The summed E-state index contributed by atoms with van der Waals surface area (Å²) >= 11 is 0. The number of para-hydroxylation sites is 1. The fraction of sp³-hybridized carbons (Fsp3) is 0.267. The third kappa shape index (κ3) is 3.81. The van der Waals surface area contributed by atoms with Gasteiger partial charge in [0, 0.05) is 34.6 Å². The van der Waals surface area contributed by atoms with Crippen molar-refractivity contribution in [3.8, 4) is 11.3 Å². The first-order chi connectivity index (χ1) is 16.7. The van der Waals surface area contributed by atoms with E-state index in [2.05, 4.69) is 41.2 Å². The van der Waals surface area contributed by atoms with Crippen molar-refractivity contribution in [3.63, 3.8) is 0 Å². The standard InChI is InChI=1S/C30H31N3O2/c1-19(28(34)31-30(2,3)4)33-27(21-15-9-10-16-22(21)29(33)35)25-23-17-11-12-18-24(23)32(5)26(25)20-13-7-6-8-14-20/h6-19,27H,1-5H3,(H,31,34). The molecular weight excluding hydrogens is 434 g/mol. The maximum atomic E-state index is 13.8. The van der Waals surface area contributed by atoms with E-state index in [0.717, 1.165) is 33.3 Å². The van der Waals surface area contributed by atoms with Crippen LogP contribution in [0.3, 0.4) is 0 Å². The molecule has 0 spiro atoms. The smallest absolute Gasteiger partial charge is 0.255 e. The summed E-state index contributed by atoms with van der Waals surface area (Å²) in [5.41, 5.74) is 5.44. The predicted molar refractivity (Wildman–Crippen MR) is 140 cm³/mol. The second kappa shape index (κ2) is 8.42. The van der Waals surface area contributed by atoms with Crippen LogP contribution in [0.25, 0.3) is 22.2 Å². The molecule has 4 aromatic rings. The molecule has 5 heteroatoms. The largest absolute Gasteiger partial charge is 0.350 e. The summed E-state index contributed by atoms with van der Waals surface area (Å²) in [6.45, 7) is 7.68. The van der Waals surface area contributed by atoms with Crippen LogP contribution in [0.2, 0.25) is 0 Å². The Kier molecular flexibility index (Phi) is 5.51. The van der Waals surface area contributed by atoms with Gasteiger partial charge >= 0.3 is 0 Å². The lowest BCUT2D eigenvalue weighted by atomic mass is 9.92. The Labute approximate surface area is 206 Å². The molecule has 0 aliphatic carbocycles. The number of carbonyl (C=O) groups excluding carboxylic acids is 2. The van der Waals surface area contributed by atoms with E-state index in [1.165, 1.54) is 0 Å². The van der Waals surface area contributed by atoms with Crippen molar-refractivity contribution in [1.82, 2.24) is 14.8 Å². The van der Waals surface area contributed by atoms with E-state index in [0.29, 0.717) is 5.56 Å². The van der Waals surface area contributed by atoms with Gasteiger partial charge in [-0.1, -0.05) is 66.7 Å². The molecule has 178 valence electrons. The fourth-order valence-corrected chi connectivity index (χ4v) is 5.28. The Morgan fingerprint density at radius 1 is 0.914 bits per heavy atom. The van der Waals surface area contributed by atoms with Gasteiger partial charge in [-0.2, -0.15) is 0 Å². The van der Waals surface area contributed by atoms with Crippen LogP contribution in [0.5, 0.6) is 0 Å². The number of carbonyl (C=O) groups is 2. The van der Waals surface area contributed by atoms with E-state index in [4.69, 9.17) is 0 Å². The van der Waals surface area contributed by atoms with Gasteiger partial charge in [0.15, 0.2) is 0 Å². The molecule has 3 aromatic carbocycles. The number of aryl methyl sites for hydroxylation is 1. The second-order valence-electron chi connectivity index (χ2n) is 10.3. The number of hydrogen-bond acceptors (Lipinski definition) is 2. The molecule has 1 aliphatic rings. The predicted octanol–water partition coefficient (Wildman–Crippen LogP) is 5.69. The number of hydrogen-bond donors (Lipinski definition) is 1. The van der Waals surface area contributed by atoms with Gasteiger partial charge in [0.05, 0.1) is 11.7 Å². The maximum absolute atomic E-state index is 13.8. The zero-order chi connectivity index (χ0) is 24.9. The van der Waals surface area contributed by atoms with Gasteiger partial charge < -0.3 is 14.8 Å². The molecule has 0 fully saturated rings. The monoisotopic (exact) mass is 465 g/mol. The molecule has 0 saturated heterocycles. The molecule has 0 radical (unpaired) electrons. The summed E-state index contributed by atoms with van der Waals surface area (Å²) in [6, 6.07) is 25.2. The average Bonchev–Trinajstić information content (AvgIpc) is 3.29. The summed E-state index contributed by atoms with van der Waals surface area (Å²) in [5, 5.41) is 4.15.